The first-order valence-electron chi connectivity index (χ1n) is 13.4. The molecule has 1 aromatic heterocycles. The fraction of sp³-hybridized carbons (Fsp3) is 0.333. The van der Waals surface area contributed by atoms with Gasteiger partial charge in [-0.05, 0) is 67.6 Å². The lowest BCUT2D eigenvalue weighted by Gasteiger charge is -2.49. The van der Waals surface area contributed by atoms with Gasteiger partial charge < -0.3 is 4.74 Å². The Morgan fingerprint density at radius 3 is 2.58 bits per heavy atom. The smallest absolute Gasteiger partial charge is 0.325 e. The van der Waals surface area contributed by atoms with Gasteiger partial charge in [-0.3, -0.25) is 29.2 Å². The number of rotatable bonds is 8. The molecule has 2 amide bonds. The zero-order valence-corrected chi connectivity index (χ0v) is 22.9. The number of hydrogen-bond acceptors (Lipinski definition) is 7. The standard InChI is InChI=1S/C30H31ClN4O5/c1-2-39-30(38)25-12-6-8-18-34(25)35-27(20-13-15-21(31)16-14-20)26(23-10-3-4-11-24(23)29(35)37)28(36)33-40-19-22-9-5-7-17-32-22/h3-5,7,9-11,13-17,25-27H,2,6,8,12,18-19H2,1H3,(H,33,36). The Balaban J connectivity index is 1.56. The van der Waals surface area contributed by atoms with Gasteiger partial charge in [-0.2, -0.15) is 0 Å². The Hall–Kier alpha value is -3.79. The molecule has 5 rings (SSSR count). The molecule has 3 unspecified atom stereocenters. The van der Waals surface area contributed by atoms with Crippen molar-refractivity contribution in [2.45, 2.75) is 50.8 Å². The summed E-state index contributed by atoms with van der Waals surface area (Å²) < 4.78 is 5.39. The molecule has 40 heavy (non-hydrogen) atoms. The summed E-state index contributed by atoms with van der Waals surface area (Å²) in [5.74, 6) is -1.94. The lowest BCUT2D eigenvalue weighted by atomic mass is 9.80. The van der Waals surface area contributed by atoms with Crippen LogP contribution in [0.2, 0.25) is 5.02 Å². The number of benzene rings is 2. The van der Waals surface area contributed by atoms with Crippen LogP contribution < -0.4 is 5.48 Å². The van der Waals surface area contributed by atoms with Crippen LogP contribution in [0.5, 0.6) is 0 Å². The fourth-order valence-electron chi connectivity index (χ4n) is 5.46. The highest BCUT2D eigenvalue weighted by molar-refractivity contribution is 6.30. The molecule has 2 aliphatic heterocycles. The maximum Gasteiger partial charge on any atom is 0.325 e. The SMILES string of the molecule is CCOC(=O)C1CCCCN1N1C(=O)c2ccccc2C(C(=O)NOCc2ccccn2)C1c1ccc(Cl)cc1. The Kier molecular flexibility index (Phi) is 8.74. The van der Waals surface area contributed by atoms with Gasteiger partial charge in [-0.25, -0.2) is 10.5 Å². The Morgan fingerprint density at radius 2 is 1.82 bits per heavy atom. The van der Waals surface area contributed by atoms with Crippen molar-refractivity contribution in [3.8, 4) is 0 Å². The number of hydrogen-bond donors (Lipinski definition) is 1. The molecule has 3 atom stereocenters. The number of carbonyl (C=O) groups excluding carboxylic acids is 3. The largest absolute Gasteiger partial charge is 0.465 e. The van der Waals surface area contributed by atoms with Crippen LogP contribution in [-0.2, 0) is 25.8 Å². The molecule has 0 bridgehead atoms. The van der Waals surface area contributed by atoms with Crippen LogP contribution in [0, 0.1) is 0 Å². The number of hydrazine groups is 1. The van der Waals surface area contributed by atoms with Crippen LogP contribution in [0.15, 0.2) is 72.9 Å². The van der Waals surface area contributed by atoms with Crippen molar-refractivity contribution in [1.29, 1.82) is 0 Å². The third-order valence-corrected chi connectivity index (χ3v) is 7.49. The third-order valence-electron chi connectivity index (χ3n) is 7.24. The minimum atomic E-state index is -0.844. The van der Waals surface area contributed by atoms with Crippen LogP contribution >= 0.6 is 11.6 Å². The summed E-state index contributed by atoms with van der Waals surface area (Å²) in [5, 5.41) is 3.89. The van der Waals surface area contributed by atoms with Crippen molar-refractivity contribution >= 4 is 29.4 Å². The molecule has 2 aromatic carbocycles. The van der Waals surface area contributed by atoms with Gasteiger partial charge in [0, 0.05) is 23.3 Å². The maximum atomic E-state index is 14.2. The summed E-state index contributed by atoms with van der Waals surface area (Å²) in [4.78, 5) is 51.0. The lowest BCUT2D eigenvalue weighted by molar-refractivity contribution is -0.164. The van der Waals surface area contributed by atoms with E-state index in [-0.39, 0.29) is 25.1 Å². The Bertz CT molecular complexity index is 1350. The maximum absolute atomic E-state index is 14.2. The fourth-order valence-corrected chi connectivity index (χ4v) is 5.59. The summed E-state index contributed by atoms with van der Waals surface area (Å²) in [6, 6.07) is 18.1. The van der Waals surface area contributed by atoms with Gasteiger partial charge in [0.05, 0.1) is 24.3 Å². The minimum Gasteiger partial charge on any atom is -0.465 e. The molecule has 1 fully saturated rings. The number of fused-ring (bicyclic) bond motifs is 1. The van der Waals surface area contributed by atoms with E-state index in [1.165, 1.54) is 0 Å². The predicted octanol–water partition coefficient (Wildman–Crippen LogP) is 4.60. The first-order chi connectivity index (χ1) is 19.5. The first-order valence-corrected chi connectivity index (χ1v) is 13.8. The minimum absolute atomic E-state index is 0.0757. The third kappa shape index (κ3) is 5.72. The highest BCUT2D eigenvalue weighted by Crippen LogP contribution is 2.45. The number of nitrogens with one attached hydrogen (secondary N) is 1. The number of nitrogens with zero attached hydrogens (tertiary/aromatic N) is 3. The van der Waals surface area contributed by atoms with Crippen molar-refractivity contribution in [2.24, 2.45) is 0 Å². The number of pyridine rings is 1. The molecular formula is C30H31ClN4O5. The molecule has 9 nitrogen and oxygen atoms in total. The van der Waals surface area contributed by atoms with Crippen LogP contribution in [0.4, 0.5) is 0 Å². The number of halogens is 1. The van der Waals surface area contributed by atoms with Crippen LogP contribution in [0.3, 0.4) is 0 Å². The highest BCUT2D eigenvalue weighted by Gasteiger charge is 2.49. The molecule has 3 heterocycles. The van der Waals surface area contributed by atoms with Gasteiger partial charge in [0.1, 0.15) is 12.6 Å². The van der Waals surface area contributed by atoms with Gasteiger partial charge in [-0.1, -0.05) is 48.0 Å². The van der Waals surface area contributed by atoms with Gasteiger partial charge >= 0.3 is 5.97 Å². The van der Waals surface area contributed by atoms with Gasteiger partial charge in [0.2, 0.25) is 0 Å². The van der Waals surface area contributed by atoms with Crippen LogP contribution in [0.1, 0.15) is 65.3 Å². The number of ether oxygens (including phenoxy) is 1. The van der Waals surface area contributed by atoms with Crippen molar-refractivity contribution in [3.63, 3.8) is 0 Å². The summed E-state index contributed by atoms with van der Waals surface area (Å²) in [6.45, 7) is 2.53. The average Bonchev–Trinajstić information content (AvgIpc) is 2.98. The van der Waals surface area contributed by atoms with E-state index < -0.39 is 23.9 Å². The van der Waals surface area contributed by atoms with Gasteiger partial charge in [0.25, 0.3) is 11.8 Å². The van der Waals surface area contributed by atoms with E-state index in [1.807, 2.05) is 6.07 Å². The molecule has 0 saturated carbocycles. The molecular weight excluding hydrogens is 532 g/mol. The van der Waals surface area contributed by atoms with E-state index in [9.17, 15) is 14.4 Å². The predicted molar refractivity (Wildman–Crippen MR) is 148 cm³/mol. The zero-order valence-electron chi connectivity index (χ0n) is 22.2. The van der Waals surface area contributed by atoms with E-state index in [1.54, 1.807) is 83.8 Å². The van der Waals surface area contributed by atoms with Crippen molar-refractivity contribution in [1.82, 2.24) is 20.5 Å². The summed E-state index contributed by atoms with van der Waals surface area (Å²) in [6.07, 6.45) is 3.81. The second-order valence-corrected chi connectivity index (χ2v) is 10.2. The quantitative estimate of drug-likeness (QED) is 0.316. The Morgan fingerprint density at radius 1 is 1.05 bits per heavy atom. The van der Waals surface area contributed by atoms with Crippen molar-refractivity contribution in [2.75, 3.05) is 13.2 Å². The van der Waals surface area contributed by atoms with Gasteiger partial charge in [-0.15, -0.1) is 0 Å². The summed E-state index contributed by atoms with van der Waals surface area (Å²) in [7, 11) is 0. The number of piperidine rings is 1. The summed E-state index contributed by atoms with van der Waals surface area (Å²) in [5.41, 5.74) is 4.92. The van der Waals surface area contributed by atoms with Crippen LogP contribution in [0.25, 0.3) is 0 Å². The second kappa shape index (κ2) is 12.6. The molecule has 1 N–H and O–H groups in total. The first kappa shape index (κ1) is 27.8. The lowest BCUT2D eigenvalue weighted by Crippen LogP contribution is -2.61. The topological polar surface area (TPSA) is 101 Å². The number of esters is 1. The molecule has 2 aliphatic rings. The van der Waals surface area contributed by atoms with Crippen LogP contribution in [-0.4, -0.2) is 52.0 Å². The number of aromatic nitrogens is 1. The molecule has 10 heteroatoms. The van der Waals surface area contributed by atoms with E-state index in [2.05, 4.69) is 10.5 Å². The highest BCUT2D eigenvalue weighted by atomic mass is 35.5. The van der Waals surface area contributed by atoms with Crippen molar-refractivity contribution in [3.05, 3.63) is 100 Å². The van der Waals surface area contributed by atoms with Gasteiger partial charge in [0.15, 0.2) is 0 Å². The number of hydroxylamine groups is 1. The monoisotopic (exact) mass is 562 g/mol. The molecule has 0 radical (unpaired) electrons. The summed E-state index contributed by atoms with van der Waals surface area (Å²) >= 11 is 6.21. The second-order valence-electron chi connectivity index (χ2n) is 9.71. The number of amides is 2. The van der Waals surface area contributed by atoms with E-state index in [0.717, 1.165) is 12.8 Å². The van der Waals surface area contributed by atoms with E-state index >= 15 is 0 Å². The number of carbonyl (C=O) groups is 3. The molecule has 0 spiro atoms. The average molecular weight is 563 g/mol. The van der Waals surface area contributed by atoms with E-state index in [0.29, 0.717) is 40.4 Å². The molecule has 1 saturated heterocycles. The molecule has 208 valence electrons. The molecule has 3 aromatic rings. The Labute approximate surface area is 238 Å². The normalized spacial score (nSPS) is 21.0. The molecule has 0 aliphatic carbocycles. The van der Waals surface area contributed by atoms with Crippen molar-refractivity contribution < 1.29 is 24.0 Å². The zero-order chi connectivity index (χ0) is 28.1. The van der Waals surface area contributed by atoms with E-state index in [4.69, 9.17) is 21.2 Å².